The number of benzene rings is 1. The molecule has 0 saturated carbocycles. The monoisotopic (exact) mass is 247 g/mol. The van der Waals surface area contributed by atoms with E-state index in [4.69, 9.17) is 4.74 Å². The van der Waals surface area contributed by atoms with Gasteiger partial charge < -0.3 is 9.64 Å². The molecule has 1 aromatic carbocycles. The molecule has 0 amide bonds. The summed E-state index contributed by atoms with van der Waals surface area (Å²) in [6, 6.07) is 6.70. The minimum absolute atomic E-state index is 0.427. The average Bonchev–Trinajstić information content (AvgIpc) is 2.86. The first-order valence-electron chi connectivity index (χ1n) is 7.15. The summed E-state index contributed by atoms with van der Waals surface area (Å²) in [6.45, 7) is 10.8. The maximum atomic E-state index is 6.02. The number of aryl methyl sites for hydroxylation is 2. The fraction of sp³-hybridized carbons (Fsp3) is 0.625. The first kappa shape index (κ1) is 13.6. The lowest BCUT2D eigenvalue weighted by molar-refractivity contribution is 0.0470. The van der Waals surface area contributed by atoms with Gasteiger partial charge in [-0.1, -0.05) is 32.0 Å². The van der Waals surface area contributed by atoms with E-state index in [1.807, 2.05) is 0 Å². The van der Waals surface area contributed by atoms with E-state index in [-0.39, 0.29) is 0 Å². The molecule has 1 fully saturated rings. The second-order valence-corrected chi connectivity index (χ2v) is 5.23. The predicted molar refractivity (Wildman–Crippen MR) is 75.9 cm³/mol. The zero-order chi connectivity index (χ0) is 13.0. The number of nitrogens with zero attached hydrogens (tertiary/aromatic N) is 1. The second kappa shape index (κ2) is 6.35. The molecule has 1 aromatic rings. The van der Waals surface area contributed by atoms with Crippen LogP contribution in [0.25, 0.3) is 0 Å². The number of likely N-dealkylation sites (N-methyl/N-ethyl adjacent to an activating group) is 1. The lowest BCUT2D eigenvalue weighted by Gasteiger charge is -2.14. The topological polar surface area (TPSA) is 12.5 Å². The summed E-state index contributed by atoms with van der Waals surface area (Å²) in [5.74, 6) is 0. The summed E-state index contributed by atoms with van der Waals surface area (Å²) >= 11 is 0. The normalized spacial score (nSPS) is 20.5. The van der Waals surface area contributed by atoms with E-state index in [9.17, 15) is 0 Å². The number of rotatable bonds is 5. The molecule has 0 N–H and O–H groups in total. The standard InChI is InChI=1S/C16H25NO/c1-4-15-10-14(7-6-13(15)3)12-18-16-8-9-17(5-2)11-16/h6-7,10,16H,4-5,8-9,11-12H2,1-3H3/t16-/m1/s1. The van der Waals surface area contributed by atoms with Gasteiger partial charge in [0.25, 0.3) is 0 Å². The number of hydrogen-bond acceptors (Lipinski definition) is 2. The molecule has 2 nitrogen and oxygen atoms in total. The van der Waals surface area contributed by atoms with E-state index in [1.165, 1.54) is 29.7 Å². The minimum Gasteiger partial charge on any atom is -0.372 e. The summed E-state index contributed by atoms with van der Waals surface area (Å²) in [6.07, 6.45) is 2.71. The van der Waals surface area contributed by atoms with E-state index in [2.05, 4.69) is 43.9 Å². The van der Waals surface area contributed by atoms with Crippen molar-refractivity contribution in [3.63, 3.8) is 0 Å². The van der Waals surface area contributed by atoms with Crippen molar-refractivity contribution in [1.29, 1.82) is 0 Å². The molecular weight excluding hydrogens is 222 g/mol. The third-order valence-electron chi connectivity index (χ3n) is 3.96. The molecule has 0 radical (unpaired) electrons. The Bertz CT molecular complexity index is 389. The second-order valence-electron chi connectivity index (χ2n) is 5.23. The Hall–Kier alpha value is -0.860. The molecule has 0 aromatic heterocycles. The highest BCUT2D eigenvalue weighted by Gasteiger charge is 2.21. The largest absolute Gasteiger partial charge is 0.372 e. The van der Waals surface area contributed by atoms with Crippen LogP contribution in [0, 0.1) is 6.92 Å². The van der Waals surface area contributed by atoms with Crippen LogP contribution >= 0.6 is 0 Å². The van der Waals surface area contributed by atoms with Gasteiger partial charge in [0.2, 0.25) is 0 Å². The number of hydrogen-bond donors (Lipinski definition) is 0. The number of ether oxygens (including phenoxy) is 1. The quantitative estimate of drug-likeness (QED) is 0.792. The van der Waals surface area contributed by atoms with Crippen molar-refractivity contribution in [2.75, 3.05) is 19.6 Å². The van der Waals surface area contributed by atoms with Crippen LogP contribution in [0.15, 0.2) is 18.2 Å². The summed E-state index contributed by atoms with van der Waals surface area (Å²) in [5, 5.41) is 0. The SMILES string of the molecule is CCc1cc(CO[C@@H]2CCN(CC)C2)ccc1C. The van der Waals surface area contributed by atoms with E-state index >= 15 is 0 Å². The average molecular weight is 247 g/mol. The molecule has 2 rings (SSSR count). The summed E-state index contributed by atoms with van der Waals surface area (Å²) in [5.41, 5.74) is 4.14. The Morgan fingerprint density at radius 3 is 2.83 bits per heavy atom. The lowest BCUT2D eigenvalue weighted by atomic mass is 10.0. The zero-order valence-electron chi connectivity index (χ0n) is 11.9. The van der Waals surface area contributed by atoms with Gasteiger partial charge in [-0.15, -0.1) is 0 Å². The Morgan fingerprint density at radius 2 is 2.17 bits per heavy atom. The van der Waals surface area contributed by atoms with Crippen LogP contribution in [0.4, 0.5) is 0 Å². The molecule has 1 heterocycles. The first-order valence-corrected chi connectivity index (χ1v) is 7.15. The summed E-state index contributed by atoms with van der Waals surface area (Å²) < 4.78 is 6.02. The molecule has 1 aliphatic rings. The Labute approximate surface area is 111 Å². The fourth-order valence-electron chi connectivity index (χ4n) is 2.63. The van der Waals surface area contributed by atoms with Crippen LogP contribution in [0.1, 0.15) is 37.0 Å². The maximum absolute atomic E-state index is 6.02. The minimum atomic E-state index is 0.427. The molecule has 0 unspecified atom stereocenters. The molecule has 1 saturated heterocycles. The third-order valence-corrected chi connectivity index (χ3v) is 3.96. The lowest BCUT2D eigenvalue weighted by Crippen LogP contribution is -2.22. The van der Waals surface area contributed by atoms with Crippen molar-refractivity contribution in [3.05, 3.63) is 34.9 Å². The van der Waals surface area contributed by atoms with Gasteiger partial charge in [0.1, 0.15) is 0 Å². The summed E-state index contributed by atoms with van der Waals surface area (Å²) in [7, 11) is 0. The van der Waals surface area contributed by atoms with Crippen molar-refractivity contribution < 1.29 is 4.74 Å². The van der Waals surface area contributed by atoms with Gasteiger partial charge in [0.15, 0.2) is 0 Å². The van der Waals surface area contributed by atoms with E-state index in [1.54, 1.807) is 0 Å². The van der Waals surface area contributed by atoms with E-state index < -0.39 is 0 Å². The highest BCUT2D eigenvalue weighted by Crippen LogP contribution is 2.16. The molecule has 0 spiro atoms. The molecular formula is C16H25NO. The van der Waals surface area contributed by atoms with Gasteiger partial charge in [0.05, 0.1) is 12.7 Å². The zero-order valence-corrected chi connectivity index (χ0v) is 11.9. The van der Waals surface area contributed by atoms with E-state index in [0.29, 0.717) is 6.10 Å². The smallest absolute Gasteiger partial charge is 0.0721 e. The van der Waals surface area contributed by atoms with Crippen molar-refractivity contribution in [2.24, 2.45) is 0 Å². The highest BCUT2D eigenvalue weighted by molar-refractivity contribution is 5.30. The molecule has 100 valence electrons. The maximum Gasteiger partial charge on any atom is 0.0721 e. The fourth-order valence-corrected chi connectivity index (χ4v) is 2.63. The van der Waals surface area contributed by atoms with Gasteiger partial charge in [-0.25, -0.2) is 0 Å². The van der Waals surface area contributed by atoms with Crippen LogP contribution in [0.5, 0.6) is 0 Å². The van der Waals surface area contributed by atoms with Crippen LogP contribution in [-0.4, -0.2) is 30.6 Å². The van der Waals surface area contributed by atoms with Crippen LogP contribution < -0.4 is 0 Å². The van der Waals surface area contributed by atoms with Crippen molar-refractivity contribution >= 4 is 0 Å². The Morgan fingerprint density at radius 1 is 1.33 bits per heavy atom. The van der Waals surface area contributed by atoms with Gasteiger partial charge >= 0.3 is 0 Å². The molecule has 2 heteroatoms. The Balaban J connectivity index is 1.87. The van der Waals surface area contributed by atoms with Crippen LogP contribution in [0.3, 0.4) is 0 Å². The van der Waals surface area contributed by atoms with Crippen molar-refractivity contribution in [3.8, 4) is 0 Å². The predicted octanol–water partition coefficient (Wildman–Crippen LogP) is 3.17. The van der Waals surface area contributed by atoms with Gasteiger partial charge in [-0.3, -0.25) is 0 Å². The van der Waals surface area contributed by atoms with Crippen LogP contribution in [0.2, 0.25) is 0 Å². The molecule has 0 bridgehead atoms. The van der Waals surface area contributed by atoms with Gasteiger partial charge in [-0.2, -0.15) is 0 Å². The summed E-state index contributed by atoms with van der Waals surface area (Å²) in [4.78, 5) is 2.46. The Kier molecular flexibility index (Phi) is 4.79. The van der Waals surface area contributed by atoms with Crippen molar-refractivity contribution in [2.45, 2.75) is 46.3 Å². The molecule has 1 aliphatic heterocycles. The first-order chi connectivity index (χ1) is 8.72. The molecule has 1 atom stereocenters. The third kappa shape index (κ3) is 3.33. The van der Waals surface area contributed by atoms with Gasteiger partial charge in [0, 0.05) is 13.1 Å². The van der Waals surface area contributed by atoms with Gasteiger partial charge in [-0.05, 0) is 43.0 Å². The van der Waals surface area contributed by atoms with Crippen molar-refractivity contribution in [1.82, 2.24) is 4.90 Å². The molecule has 18 heavy (non-hydrogen) atoms. The van der Waals surface area contributed by atoms with E-state index in [0.717, 1.165) is 26.1 Å². The number of likely N-dealkylation sites (tertiary alicyclic amines) is 1. The highest BCUT2D eigenvalue weighted by atomic mass is 16.5. The van der Waals surface area contributed by atoms with Crippen LogP contribution in [-0.2, 0) is 17.8 Å². The molecule has 0 aliphatic carbocycles.